The standard InChI is InChI=1S/C15H11N2O2/c16-11-14(12-6-2-1-3-7-12)10-13-8-4-5-9-15(13)17(18)19/h1-10,18H/q-1/b14-10-. The van der Waals surface area contributed by atoms with E-state index in [-0.39, 0.29) is 10.9 Å². The highest BCUT2D eigenvalue weighted by Crippen LogP contribution is 2.24. The Labute approximate surface area is 111 Å². The highest BCUT2D eigenvalue weighted by molar-refractivity contribution is 5.91. The molecule has 2 aromatic rings. The van der Waals surface area contributed by atoms with Crippen LogP contribution in [0.2, 0.25) is 0 Å². The Kier molecular flexibility index (Phi) is 3.94. The van der Waals surface area contributed by atoms with Crippen molar-refractivity contribution in [3.05, 3.63) is 70.9 Å². The third-order valence-corrected chi connectivity index (χ3v) is 2.65. The van der Waals surface area contributed by atoms with Gasteiger partial charge in [-0.2, -0.15) is 5.26 Å². The van der Waals surface area contributed by atoms with Crippen LogP contribution in [-0.4, -0.2) is 5.21 Å². The maximum absolute atomic E-state index is 11.0. The van der Waals surface area contributed by atoms with E-state index in [0.717, 1.165) is 5.56 Å². The number of para-hydroxylation sites is 1. The van der Waals surface area contributed by atoms with E-state index in [4.69, 9.17) is 5.21 Å². The Bertz CT molecular complexity index is 628. The Morgan fingerprint density at radius 2 is 1.74 bits per heavy atom. The van der Waals surface area contributed by atoms with Gasteiger partial charge in [-0.15, -0.1) is 0 Å². The van der Waals surface area contributed by atoms with Crippen LogP contribution in [0.5, 0.6) is 0 Å². The molecule has 0 amide bonds. The van der Waals surface area contributed by atoms with E-state index >= 15 is 0 Å². The molecule has 0 aromatic heterocycles. The molecule has 1 N–H and O–H groups in total. The number of anilines is 1. The number of hydrogen-bond acceptors (Lipinski definition) is 4. The van der Waals surface area contributed by atoms with Crippen LogP contribution in [-0.2, 0) is 0 Å². The van der Waals surface area contributed by atoms with E-state index in [2.05, 4.69) is 6.07 Å². The van der Waals surface area contributed by atoms with Gasteiger partial charge in [0, 0.05) is 5.56 Å². The van der Waals surface area contributed by atoms with Crippen LogP contribution in [0, 0.1) is 16.5 Å². The van der Waals surface area contributed by atoms with Crippen molar-refractivity contribution in [2.24, 2.45) is 0 Å². The van der Waals surface area contributed by atoms with Gasteiger partial charge in [0.05, 0.1) is 17.3 Å². The Morgan fingerprint density at radius 1 is 1.11 bits per heavy atom. The van der Waals surface area contributed by atoms with E-state index < -0.39 is 0 Å². The van der Waals surface area contributed by atoms with Crippen molar-refractivity contribution >= 4 is 17.3 Å². The maximum Gasteiger partial charge on any atom is 0.0998 e. The lowest BCUT2D eigenvalue weighted by molar-refractivity contribution is 0.296. The molecule has 4 nitrogen and oxygen atoms in total. The number of hydrogen-bond donors (Lipinski definition) is 1. The average molecular weight is 251 g/mol. The molecular weight excluding hydrogens is 240 g/mol. The summed E-state index contributed by atoms with van der Waals surface area (Å²) in [6.07, 6.45) is 1.58. The fourth-order valence-electron chi connectivity index (χ4n) is 1.74. The lowest BCUT2D eigenvalue weighted by Crippen LogP contribution is -2.08. The number of nitriles is 1. The van der Waals surface area contributed by atoms with Gasteiger partial charge in [-0.3, -0.25) is 5.21 Å². The van der Waals surface area contributed by atoms with Gasteiger partial charge in [-0.1, -0.05) is 48.5 Å². The van der Waals surface area contributed by atoms with Crippen LogP contribution in [0.15, 0.2) is 54.6 Å². The summed E-state index contributed by atoms with van der Waals surface area (Å²) in [5.41, 5.74) is 1.77. The van der Waals surface area contributed by atoms with Gasteiger partial charge >= 0.3 is 0 Å². The molecule has 0 saturated carbocycles. The van der Waals surface area contributed by atoms with E-state index in [1.54, 1.807) is 24.3 Å². The number of allylic oxidation sites excluding steroid dienone is 1. The fourth-order valence-corrected chi connectivity index (χ4v) is 1.74. The molecule has 0 radical (unpaired) electrons. The first-order valence-corrected chi connectivity index (χ1v) is 5.65. The van der Waals surface area contributed by atoms with Crippen molar-refractivity contribution in [1.82, 2.24) is 0 Å². The smallest absolute Gasteiger partial charge is 0.0998 e. The molecule has 94 valence electrons. The lowest BCUT2D eigenvalue weighted by atomic mass is 10.0. The molecule has 0 aliphatic carbocycles. The summed E-state index contributed by atoms with van der Waals surface area (Å²) in [6, 6.07) is 17.8. The first-order valence-electron chi connectivity index (χ1n) is 5.65. The minimum absolute atomic E-state index is 0.103. The Balaban J connectivity index is 2.48. The second kappa shape index (κ2) is 5.83. The summed E-state index contributed by atoms with van der Waals surface area (Å²) in [5, 5.41) is 29.1. The van der Waals surface area contributed by atoms with Gasteiger partial charge in [0.25, 0.3) is 0 Å². The van der Waals surface area contributed by atoms with Crippen LogP contribution >= 0.6 is 0 Å². The van der Waals surface area contributed by atoms with Gasteiger partial charge in [0.15, 0.2) is 0 Å². The van der Waals surface area contributed by atoms with Gasteiger partial charge in [0.1, 0.15) is 0 Å². The van der Waals surface area contributed by atoms with E-state index in [9.17, 15) is 10.5 Å². The summed E-state index contributed by atoms with van der Waals surface area (Å²) in [5.74, 6) is 0. The molecule has 19 heavy (non-hydrogen) atoms. The molecule has 2 aromatic carbocycles. The third-order valence-electron chi connectivity index (χ3n) is 2.65. The molecule has 0 saturated heterocycles. The molecule has 4 heteroatoms. The van der Waals surface area contributed by atoms with Crippen LogP contribution in [0.25, 0.3) is 11.6 Å². The Hall–Kier alpha value is -2.61. The molecule has 0 bridgehead atoms. The maximum atomic E-state index is 11.0. The van der Waals surface area contributed by atoms with Crippen molar-refractivity contribution in [1.29, 1.82) is 5.26 Å². The highest BCUT2D eigenvalue weighted by Gasteiger charge is 2.04. The molecule has 0 atom stereocenters. The minimum atomic E-state index is -0.203. The summed E-state index contributed by atoms with van der Waals surface area (Å²) < 4.78 is 0. The predicted molar refractivity (Wildman–Crippen MR) is 74.0 cm³/mol. The molecule has 2 rings (SSSR count). The second-order valence-electron chi connectivity index (χ2n) is 3.87. The van der Waals surface area contributed by atoms with E-state index in [1.807, 2.05) is 30.3 Å². The van der Waals surface area contributed by atoms with Crippen molar-refractivity contribution < 1.29 is 5.21 Å². The van der Waals surface area contributed by atoms with E-state index in [0.29, 0.717) is 11.1 Å². The lowest BCUT2D eigenvalue weighted by Gasteiger charge is -2.23. The SMILES string of the molecule is N#C/C(=C/c1ccccc1N([O-])O)c1ccccc1. The van der Waals surface area contributed by atoms with Gasteiger partial charge in [0.2, 0.25) is 0 Å². The largest absolute Gasteiger partial charge is 0.733 e. The van der Waals surface area contributed by atoms with Gasteiger partial charge in [-0.25, -0.2) is 0 Å². The molecule has 0 aliphatic heterocycles. The molecule has 0 unspecified atom stereocenters. The van der Waals surface area contributed by atoms with Crippen LogP contribution in [0.1, 0.15) is 11.1 Å². The second-order valence-corrected chi connectivity index (χ2v) is 3.87. The topological polar surface area (TPSA) is 70.3 Å². The molecule has 0 aliphatic rings. The molecule has 0 fully saturated rings. The molecule has 0 heterocycles. The highest BCUT2D eigenvalue weighted by atomic mass is 16.8. The van der Waals surface area contributed by atoms with Crippen molar-refractivity contribution in [2.75, 3.05) is 5.23 Å². The third kappa shape index (κ3) is 2.99. The van der Waals surface area contributed by atoms with E-state index in [1.165, 1.54) is 6.07 Å². The predicted octanol–water partition coefficient (Wildman–Crippen LogP) is 3.44. The summed E-state index contributed by atoms with van der Waals surface area (Å²) in [6.45, 7) is 0. The number of rotatable bonds is 3. The van der Waals surface area contributed by atoms with Crippen molar-refractivity contribution in [3.8, 4) is 6.07 Å². The minimum Gasteiger partial charge on any atom is -0.733 e. The van der Waals surface area contributed by atoms with Crippen LogP contribution in [0.3, 0.4) is 0 Å². The number of nitrogens with zero attached hydrogens (tertiary/aromatic N) is 2. The summed E-state index contributed by atoms with van der Waals surface area (Å²) in [7, 11) is 0. The summed E-state index contributed by atoms with van der Waals surface area (Å²) >= 11 is 0. The Morgan fingerprint density at radius 3 is 2.37 bits per heavy atom. The zero-order valence-corrected chi connectivity index (χ0v) is 10.0. The first kappa shape index (κ1) is 12.8. The number of benzene rings is 2. The van der Waals surface area contributed by atoms with Crippen molar-refractivity contribution in [3.63, 3.8) is 0 Å². The quantitative estimate of drug-likeness (QED) is 0.515. The fraction of sp³-hybridized carbons (Fsp3) is 0. The van der Waals surface area contributed by atoms with Crippen LogP contribution < -0.4 is 5.23 Å². The zero-order valence-electron chi connectivity index (χ0n) is 10.0. The van der Waals surface area contributed by atoms with Gasteiger partial charge < -0.3 is 10.4 Å². The normalized spacial score (nSPS) is 10.9. The average Bonchev–Trinajstić information content (AvgIpc) is 2.46. The molecular formula is C15H11N2O2-. The van der Waals surface area contributed by atoms with Crippen LogP contribution in [0.4, 0.5) is 5.69 Å². The monoisotopic (exact) mass is 251 g/mol. The molecule has 0 spiro atoms. The zero-order chi connectivity index (χ0) is 13.7. The van der Waals surface area contributed by atoms with Gasteiger partial charge in [-0.05, 0) is 17.7 Å². The van der Waals surface area contributed by atoms with Crippen molar-refractivity contribution in [2.45, 2.75) is 0 Å². The summed E-state index contributed by atoms with van der Waals surface area (Å²) in [4.78, 5) is 0. The first-order chi connectivity index (χ1) is 9.22.